The molecule has 0 unspecified atom stereocenters. The van der Waals surface area contributed by atoms with E-state index in [1.165, 1.54) is 0 Å². The third-order valence-electron chi connectivity index (χ3n) is 2.20. The molecule has 1 aromatic carbocycles. The summed E-state index contributed by atoms with van der Waals surface area (Å²) in [6, 6.07) is 5.64. The van der Waals surface area contributed by atoms with Crippen molar-refractivity contribution in [3.63, 3.8) is 0 Å². The molecular formula is C10H10Cl2N. The van der Waals surface area contributed by atoms with Crippen LogP contribution in [-0.2, 0) is 0 Å². The van der Waals surface area contributed by atoms with Crippen molar-refractivity contribution in [1.29, 1.82) is 0 Å². The van der Waals surface area contributed by atoms with E-state index in [0.29, 0.717) is 5.02 Å². The summed E-state index contributed by atoms with van der Waals surface area (Å²) in [5.41, 5.74) is 1.08. The smallest absolute Gasteiger partial charge is 0.0654 e. The first-order chi connectivity index (χ1) is 6.27. The maximum Gasteiger partial charge on any atom is 0.0654 e. The van der Waals surface area contributed by atoms with Gasteiger partial charge in [0.25, 0.3) is 0 Å². The minimum Gasteiger partial charge on any atom is -0.370 e. The van der Waals surface area contributed by atoms with Crippen LogP contribution in [0.1, 0.15) is 6.42 Å². The van der Waals surface area contributed by atoms with E-state index in [9.17, 15) is 0 Å². The van der Waals surface area contributed by atoms with Gasteiger partial charge in [-0.15, -0.1) is 0 Å². The predicted molar refractivity (Wildman–Crippen MR) is 57.6 cm³/mol. The van der Waals surface area contributed by atoms with Crippen LogP contribution in [0.3, 0.4) is 0 Å². The standard InChI is InChI=1S/C10H10Cl2N/c11-8-3-4-10(9(12)7-8)13-5-1-2-6-13/h1,3-4,7H,2,5-6H2. The normalized spacial score (nSPS) is 16.6. The number of hydrogen-bond acceptors (Lipinski definition) is 1. The Labute approximate surface area is 88.3 Å². The van der Waals surface area contributed by atoms with Crippen LogP contribution in [0, 0.1) is 6.42 Å². The van der Waals surface area contributed by atoms with E-state index in [1.54, 1.807) is 6.07 Å². The van der Waals surface area contributed by atoms with E-state index in [2.05, 4.69) is 11.3 Å². The van der Waals surface area contributed by atoms with Gasteiger partial charge in [-0.2, -0.15) is 0 Å². The highest BCUT2D eigenvalue weighted by Crippen LogP contribution is 2.30. The molecule has 1 aliphatic rings. The first-order valence-electron chi connectivity index (χ1n) is 4.29. The van der Waals surface area contributed by atoms with Crippen LogP contribution in [0.25, 0.3) is 0 Å². The van der Waals surface area contributed by atoms with Crippen LogP contribution in [0.2, 0.25) is 10.0 Å². The highest BCUT2D eigenvalue weighted by Gasteiger charge is 2.14. The topological polar surface area (TPSA) is 3.24 Å². The Hall–Kier alpha value is -0.400. The summed E-state index contributed by atoms with van der Waals surface area (Å²) in [6.45, 7) is 2.04. The number of rotatable bonds is 1. The van der Waals surface area contributed by atoms with E-state index in [0.717, 1.165) is 30.2 Å². The lowest BCUT2D eigenvalue weighted by atomic mass is 10.3. The fourth-order valence-electron chi connectivity index (χ4n) is 1.54. The second kappa shape index (κ2) is 3.77. The highest BCUT2D eigenvalue weighted by atomic mass is 35.5. The fourth-order valence-corrected chi connectivity index (χ4v) is 2.07. The lowest BCUT2D eigenvalue weighted by Crippen LogP contribution is -2.17. The lowest BCUT2D eigenvalue weighted by Gasteiger charge is -2.18. The maximum atomic E-state index is 6.07. The largest absolute Gasteiger partial charge is 0.370 e. The van der Waals surface area contributed by atoms with Gasteiger partial charge in [-0.3, -0.25) is 0 Å². The van der Waals surface area contributed by atoms with Gasteiger partial charge in [-0.1, -0.05) is 23.2 Å². The van der Waals surface area contributed by atoms with Gasteiger partial charge >= 0.3 is 0 Å². The van der Waals surface area contributed by atoms with Crippen LogP contribution in [0.5, 0.6) is 0 Å². The molecule has 1 aromatic rings. The minimum atomic E-state index is 0.692. The zero-order valence-corrected chi connectivity index (χ0v) is 8.65. The SMILES string of the molecule is Clc1ccc(N2C[CH]CC2)c(Cl)c1. The minimum absolute atomic E-state index is 0.692. The maximum absolute atomic E-state index is 6.07. The van der Waals surface area contributed by atoms with E-state index in [4.69, 9.17) is 23.2 Å². The molecule has 13 heavy (non-hydrogen) atoms. The van der Waals surface area contributed by atoms with Gasteiger partial charge in [0, 0.05) is 18.1 Å². The van der Waals surface area contributed by atoms with E-state index < -0.39 is 0 Å². The molecule has 2 rings (SSSR count). The van der Waals surface area contributed by atoms with E-state index in [-0.39, 0.29) is 0 Å². The summed E-state index contributed by atoms with van der Waals surface area (Å²) >= 11 is 11.9. The van der Waals surface area contributed by atoms with Gasteiger partial charge in [-0.25, -0.2) is 0 Å². The monoisotopic (exact) mass is 214 g/mol. The molecule has 0 saturated carbocycles. The third-order valence-corrected chi connectivity index (χ3v) is 2.74. The molecule has 1 nitrogen and oxygen atoms in total. The van der Waals surface area contributed by atoms with Crippen molar-refractivity contribution in [2.75, 3.05) is 18.0 Å². The zero-order chi connectivity index (χ0) is 9.26. The highest BCUT2D eigenvalue weighted by molar-refractivity contribution is 6.36. The van der Waals surface area contributed by atoms with E-state index >= 15 is 0 Å². The summed E-state index contributed by atoms with van der Waals surface area (Å²) in [7, 11) is 0. The summed E-state index contributed by atoms with van der Waals surface area (Å²) in [4.78, 5) is 2.25. The number of nitrogens with zero attached hydrogens (tertiary/aromatic N) is 1. The number of benzene rings is 1. The molecule has 0 aromatic heterocycles. The molecule has 0 atom stereocenters. The van der Waals surface area contributed by atoms with Crippen molar-refractivity contribution in [3.8, 4) is 0 Å². The molecule has 0 amide bonds. The average Bonchev–Trinajstić information content (AvgIpc) is 2.56. The van der Waals surface area contributed by atoms with Crippen molar-refractivity contribution in [3.05, 3.63) is 34.7 Å². The molecule has 1 saturated heterocycles. The van der Waals surface area contributed by atoms with Crippen molar-refractivity contribution >= 4 is 28.9 Å². The first kappa shape index (κ1) is 9.17. The van der Waals surface area contributed by atoms with Crippen LogP contribution < -0.4 is 4.90 Å². The summed E-state index contributed by atoms with van der Waals surface area (Å²) in [5.74, 6) is 0. The van der Waals surface area contributed by atoms with Crippen molar-refractivity contribution in [1.82, 2.24) is 0 Å². The Morgan fingerprint density at radius 3 is 2.69 bits per heavy atom. The Morgan fingerprint density at radius 2 is 2.08 bits per heavy atom. The molecule has 0 N–H and O–H groups in total. The molecule has 69 valence electrons. The Balaban J connectivity index is 2.29. The second-order valence-corrected chi connectivity index (χ2v) is 3.96. The molecule has 1 heterocycles. The number of halogens is 2. The first-order valence-corrected chi connectivity index (χ1v) is 5.04. The summed E-state index contributed by atoms with van der Waals surface area (Å²) < 4.78 is 0. The van der Waals surface area contributed by atoms with Gasteiger partial charge in [0.05, 0.1) is 10.7 Å². The molecule has 3 heteroatoms. The van der Waals surface area contributed by atoms with Crippen LogP contribution in [0.15, 0.2) is 18.2 Å². The van der Waals surface area contributed by atoms with Gasteiger partial charge in [0.2, 0.25) is 0 Å². The Morgan fingerprint density at radius 1 is 1.23 bits per heavy atom. The number of hydrogen-bond donors (Lipinski definition) is 0. The molecule has 1 fully saturated rings. The van der Waals surface area contributed by atoms with Crippen molar-refractivity contribution in [2.45, 2.75) is 6.42 Å². The van der Waals surface area contributed by atoms with Crippen LogP contribution >= 0.6 is 23.2 Å². The Bertz CT molecular complexity index is 306. The fraction of sp³-hybridized carbons (Fsp3) is 0.300. The van der Waals surface area contributed by atoms with Gasteiger partial charge in [0.15, 0.2) is 0 Å². The molecule has 0 bridgehead atoms. The average molecular weight is 215 g/mol. The quantitative estimate of drug-likeness (QED) is 0.693. The summed E-state index contributed by atoms with van der Waals surface area (Å²) in [5, 5.41) is 1.43. The predicted octanol–water partition coefficient (Wildman–Crippen LogP) is 3.41. The molecular weight excluding hydrogens is 205 g/mol. The number of anilines is 1. The lowest BCUT2D eigenvalue weighted by molar-refractivity contribution is 0.968. The van der Waals surface area contributed by atoms with E-state index in [1.807, 2.05) is 12.1 Å². The zero-order valence-electron chi connectivity index (χ0n) is 7.13. The second-order valence-electron chi connectivity index (χ2n) is 3.12. The molecule has 0 aliphatic carbocycles. The molecule has 0 spiro atoms. The molecule has 1 radical (unpaired) electrons. The van der Waals surface area contributed by atoms with Gasteiger partial charge < -0.3 is 4.90 Å². The molecule has 1 aliphatic heterocycles. The summed E-state index contributed by atoms with van der Waals surface area (Å²) in [6.07, 6.45) is 3.39. The Kier molecular flexibility index (Phi) is 2.66. The van der Waals surface area contributed by atoms with Gasteiger partial charge in [-0.05, 0) is 31.0 Å². The van der Waals surface area contributed by atoms with Crippen molar-refractivity contribution in [2.24, 2.45) is 0 Å². The van der Waals surface area contributed by atoms with Crippen LogP contribution in [0.4, 0.5) is 5.69 Å². The van der Waals surface area contributed by atoms with Crippen molar-refractivity contribution < 1.29 is 0 Å². The third kappa shape index (κ3) is 1.92. The van der Waals surface area contributed by atoms with Crippen LogP contribution in [-0.4, -0.2) is 13.1 Å². The van der Waals surface area contributed by atoms with Gasteiger partial charge in [0.1, 0.15) is 0 Å².